The van der Waals surface area contributed by atoms with Crippen molar-refractivity contribution in [3.05, 3.63) is 54.1 Å². The van der Waals surface area contributed by atoms with Gasteiger partial charge in [0.1, 0.15) is 5.00 Å². The minimum Gasteiger partial charge on any atom is -0.378 e. The van der Waals surface area contributed by atoms with E-state index in [1.807, 2.05) is 50.2 Å². The summed E-state index contributed by atoms with van der Waals surface area (Å²) in [6, 6.07) is 15.3. The third-order valence-electron chi connectivity index (χ3n) is 5.42. The van der Waals surface area contributed by atoms with Gasteiger partial charge in [-0.2, -0.15) is 0 Å². The maximum Gasteiger partial charge on any atom is 0.264 e. The normalized spacial score (nSPS) is 14.4. The Kier molecular flexibility index (Phi) is 5.10. The van der Waals surface area contributed by atoms with Gasteiger partial charge in [0.2, 0.25) is 0 Å². The highest BCUT2D eigenvalue weighted by atomic mass is 32.2. The van der Waals surface area contributed by atoms with Crippen LogP contribution in [0.25, 0.3) is 10.1 Å². The molecule has 1 aliphatic carbocycles. The first-order valence-corrected chi connectivity index (χ1v) is 11.9. The first-order valence-electron chi connectivity index (χ1n) is 9.66. The molecule has 0 amide bonds. The molecular formula is C22H26N2O2S2. The van der Waals surface area contributed by atoms with Gasteiger partial charge in [-0.25, -0.2) is 8.42 Å². The summed E-state index contributed by atoms with van der Waals surface area (Å²) >= 11 is 1.57. The number of hydrogen-bond donors (Lipinski definition) is 0. The highest BCUT2D eigenvalue weighted by Crippen LogP contribution is 2.41. The number of thiophene rings is 1. The van der Waals surface area contributed by atoms with Crippen molar-refractivity contribution in [2.75, 3.05) is 29.8 Å². The van der Waals surface area contributed by atoms with Crippen molar-refractivity contribution in [1.29, 1.82) is 0 Å². The lowest BCUT2D eigenvalue weighted by Gasteiger charge is -2.24. The predicted molar refractivity (Wildman–Crippen MR) is 119 cm³/mol. The third-order valence-corrected chi connectivity index (χ3v) is 8.65. The SMILES string of the molecule is Cc1c(N(CCC2CC2)S(=O)(=O)c2ccc(N(C)C)cc2)sc2ccccc12. The molecule has 6 heteroatoms. The van der Waals surface area contributed by atoms with E-state index in [1.165, 1.54) is 12.8 Å². The molecule has 2 aromatic carbocycles. The van der Waals surface area contributed by atoms with Crippen LogP contribution in [0.3, 0.4) is 0 Å². The molecule has 1 saturated carbocycles. The van der Waals surface area contributed by atoms with Gasteiger partial charge < -0.3 is 4.90 Å². The average molecular weight is 415 g/mol. The molecule has 148 valence electrons. The van der Waals surface area contributed by atoms with Gasteiger partial charge >= 0.3 is 0 Å². The molecule has 3 aromatic rings. The molecule has 4 rings (SSSR count). The van der Waals surface area contributed by atoms with Gasteiger partial charge in [0.05, 0.1) is 4.90 Å². The lowest BCUT2D eigenvalue weighted by atomic mass is 10.2. The zero-order valence-electron chi connectivity index (χ0n) is 16.6. The molecular weight excluding hydrogens is 388 g/mol. The van der Waals surface area contributed by atoms with Crippen LogP contribution in [0.2, 0.25) is 0 Å². The topological polar surface area (TPSA) is 40.6 Å². The number of rotatable bonds is 7. The molecule has 0 aliphatic heterocycles. The van der Waals surface area contributed by atoms with Crippen molar-refractivity contribution >= 4 is 42.1 Å². The smallest absolute Gasteiger partial charge is 0.264 e. The van der Waals surface area contributed by atoms with Crippen LogP contribution in [0, 0.1) is 12.8 Å². The summed E-state index contributed by atoms with van der Waals surface area (Å²) in [6.07, 6.45) is 3.36. The Balaban J connectivity index is 1.76. The van der Waals surface area contributed by atoms with Gasteiger partial charge in [-0.05, 0) is 60.5 Å². The second-order valence-corrected chi connectivity index (χ2v) is 10.6. The van der Waals surface area contributed by atoms with Gasteiger partial charge in [-0.3, -0.25) is 4.31 Å². The maximum atomic E-state index is 13.6. The van der Waals surface area contributed by atoms with Crippen LogP contribution in [-0.2, 0) is 10.0 Å². The Hall–Kier alpha value is -2.05. The number of anilines is 2. The molecule has 0 N–H and O–H groups in total. The third kappa shape index (κ3) is 3.63. The first-order chi connectivity index (χ1) is 13.4. The van der Waals surface area contributed by atoms with E-state index in [2.05, 4.69) is 12.1 Å². The zero-order valence-corrected chi connectivity index (χ0v) is 18.2. The van der Waals surface area contributed by atoms with Crippen molar-refractivity contribution in [2.45, 2.75) is 31.1 Å². The van der Waals surface area contributed by atoms with Crippen molar-refractivity contribution in [2.24, 2.45) is 5.92 Å². The molecule has 0 unspecified atom stereocenters. The molecule has 0 saturated heterocycles. The van der Waals surface area contributed by atoms with Gasteiger partial charge in [0.15, 0.2) is 0 Å². The van der Waals surface area contributed by atoms with Crippen LogP contribution in [0.1, 0.15) is 24.8 Å². The fraction of sp³-hybridized carbons (Fsp3) is 0.364. The Labute approximate surface area is 171 Å². The number of nitrogens with zero attached hydrogens (tertiary/aromatic N) is 2. The van der Waals surface area contributed by atoms with Crippen LogP contribution in [0.15, 0.2) is 53.4 Å². The zero-order chi connectivity index (χ0) is 19.9. The molecule has 1 aliphatic rings. The van der Waals surface area contributed by atoms with Crippen molar-refractivity contribution < 1.29 is 8.42 Å². The second kappa shape index (κ2) is 7.41. The Morgan fingerprint density at radius 1 is 1.04 bits per heavy atom. The predicted octanol–water partition coefficient (Wildman–Crippen LogP) is 5.27. The van der Waals surface area contributed by atoms with E-state index in [4.69, 9.17) is 0 Å². The summed E-state index contributed by atoms with van der Waals surface area (Å²) in [4.78, 5) is 2.32. The van der Waals surface area contributed by atoms with Crippen LogP contribution >= 0.6 is 11.3 Å². The average Bonchev–Trinajstić information content (AvgIpc) is 3.45. The van der Waals surface area contributed by atoms with Gasteiger partial charge in [0.25, 0.3) is 10.0 Å². The van der Waals surface area contributed by atoms with Crippen LogP contribution in [0.4, 0.5) is 10.7 Å². The van der Waals surface area contributed by atoms with E-state index in [-0.39, 0.29) is 0 Å². The minimum atomic E-state index is -3.61. The monoisotopic (exact) mass is 414 g/mol. The Bertz CT molecular complexity index is 1080. The molecule has 0 spiro atoms. The summed E-state index contributed by atoms with van der Waals surface area (Å²) in [6.45, 7) is 2.57. The number of benzene rings is 2. The quantitative estimate of drug-likeness (QED) is 0.529. The van der Waals surface area contributed by atoms with E-state index < -0.39 is 10.0 Å². The molecule has 28 heavy (non-hydrogen) atoms. The largest absolute Gasteiger partial charge is 0.378 e. The molecule has 0 atom stereocenters. The van der Waals surface area contributed by atoms with Crippen LogP contribution in [-0.4, -0.2) is 29.1 Å². The standard InChI is InChI=1S/C22H26N2O2S2/c1-16-20-6-4-5-7-21(20)27-22(16)24(15-14-17-8-9-17)28(25,26)19-12-10-18(11-13-19)23(2)3/h4-7,10-13,17H,8-9,14-15H2,1-3H3. The molecule has 1 aromatic heterocycles. The molecule has 1 heterocycles. The lowest BCUT2D eigenvalue weighted by molar-refractivity contribution is 0.587. The first kappa shape index (κ1) is 19.3. The van der Waals surface area contributed by atoms with E-state index in [0.717, 1.165) is 32.8 Å². The summed E-state index contributed by atoms with van der Waals surface area (Å²) < 4.78 is 30.0. The summed E-state index contributed by atoms with van der Waals surface area (Å²) in [5, 5.41) is 1.98. The Morgan fingerprint density at radius 3 is 2.32 bits per heavy atom. The minimum absolute atomic E-state index is 0.353. The van der Waals surface area contributed by atoms with E-state index in [0.29, 0.717) is 17.4 Å². The number of aryl methyl sites for hydroxylation is 1. The Morgan fingerprint density at radius 2 is 1.71 bits per heavy atom. The van der Waals surface area contributed by atoms with Gasteiger partial charge in [0, 0.05) is 31.0 Å². The fourth-order valence-corrected chi connectivity index (χ4v) is 6.46. The van der Waals surface area contributed by atoms with E-state index in [9.17, 15) is 8.42 Å². The van der Waals surface area contributed by atoms with E-state index in [1.54, 1.807) is 27.8 Å². The second-order valence-electron chi connectivity index (χ2n) is 7.73. The number of fused-ring (bicyclic) bond motifs is 1. The number of sulfonamides is 1. The van der Waals surface area contributed by atoms with Crippen molar-refractivity contribution in [3.63, 3.8) is 0 Å². The fourth-order valence-electron chi connectivity index (χ4n) is 3.48. The summed E-state index contributed by atoms with van der Waals surface area (Å²) in [7, 11) is 0.291. The maximum absolute atomic E-state index is 13.6. The van der Waals surface area contributed by atoms with Crippen molar-refractivity contribution in [1.82, 2.24) is 0 Å². The highest BCUT2D eigenvalue weighted by Gasteiger charge is 2.31. The molecule has 0 radical (unpaired) electrons. The molecule has 1 fully saturated rings. The summed E-state index contributed by atoms with van der Waals surface area (Å²) in [5.74, 6) is 0.670. The van der Waals surface area contributed by atoms with Crippen LogP contribution in [0.5, 0.6) is 0 Å². The van der Waals surface area contributed by atoms with Gasteiger partial charge in [-0.1, -0.05) is 31.0 Å². The van der Waals surface area contributed by atoms with Gasteiger partial charge in [-0.15, -0.1) is 11.3 Å². The van der Waals surface area contributed by atoms with E-state index >= 15 is 0 Å². The molecule has 4 nitrogen and oxygen atoms in total. The van der Waals surface area contributed by atoms with Crippen molar-refractivity contribution in [3.8, 4) is 0 Å². The van der Waals surface area contributed by atoms with Crippen LogP contribution < -0.4 is 9.21 Å². The number of hydrogen-bond acceptors (Lipinski definition) is 4. The lowest BCUT2D eigenvalue weighted by Crippen LogP contribution is -2.32. The highest BCUT2D eigenvalue weighted by molar-refractivity contribution is 7.93. The summed E-state index contributed by atoms with van der Waals surface area (Å²) in [5.41, 5.74) is 2.03. The molecule has 0 bridgehead atoms.